The minimum Gasteiger partial charge on any atom is -0.379 e. The van der Waals surface area contributed by atoms with Crippen molar-refractivity contribution in [2.45, 2.75) is 53.1 Å². The molecular weight excluding hydrogens is 162 g/mol. The SMILES string of the molecule is CCCC(C)(CN)CCOC(C)C. The van der Waals surface area contributed by atoms with Crippen LogP contribution in [-0.4, -0.2) is 19.3 Å². The fourth-order valence-electron chi connectivity index (χ4n) is 1.47. The molecule has 0 spiro atoms. The summed E-state index contributed by atoms with van der Waals surface area (Å²) in [5, 5.41) is 0. The van der Waals surface area contributed by atoms with Crippen LogP contribution in [-0.2, 0) is 4.74 Å². The van der Waals surface area contributed by atoms with Gasteiger partial charge in [-0.25, -0.2) is 0 Å². The molecule has 80 valence electrons. The summed E-state index contributed by atoms with van der Waals surface area (Å²) in [4.78, 5) is 0. The van der Waals surface area contributed by atoms with Gasteiger partial charge >= 0.3 is 0 Å². The summed E-state index contributed by atoms with van der Waals surface area (Å²) >= 11 is 0. The van der Waals surface area contributed by atoms with Gasteiger partial charge in [0, 0.05) is 6.61 Å². The van der Waals surface area contributed by atoms with Crippen LogP contribution >= 0.6 is 0 Å². The van der Waals surface area contributed by atoms with Crippen molar-refractivity contribution in [2.24, 2.45) is 11.1 Å². The van der Waals surface area contributed by atoms with Gasteiger partial charge in [-0.1, -0.05) is 20.3 Å². The molecule has 0 saturated carbocycles. The van der Waals surface area contributed by atoms with Crippen molar-refractivity contribution in [3.8, 4) is 0 Å². The van der Waals surface area contributed by atoms with Gasteiger partial charge in [0.15, 0.2) is 0 Å². The van der Waals surface area contributed by atoms with E-state index in [4.69, 9.17) is 10.5 Å². The van der Waals surface area contributed by atoms with Crippen LogP contribution in [0, 0.1) is 5.41 Å². The Balaban J connectivity index is 3.69. The molecule has 0 aromatic heterocycles. The Morgan fingerprint density at radius 3 is 2.31 bits per heavy atom. The smallest absolute Gasteiger partial charge is 0.0518 e. The molecule has 2 heteroatoms. The Bertz CT molecular complexity index is 125. The van der Waals surface area contributed by atoms with Gasteiger partial charge in [0.25, 0.3) is 0 Å². The van der Waals surface area contributed by atoms with E-state index in [1.807, 2.05) is 0 Å². The third-order valence-corrected chi connectivity index (χ3v) is 2.50. The minimum atomic E-state index is 0.281. The lowest BCUT2D eigenvalue weighted by molar-refractivity contribution is 0.0537. The summed E-state index contributed by atoms with van der Waals surface area (Å²) in [6.45, 7) is 10.2. The van der Waals surface area contributed by atoms with E-state index in [9.17, 15) is 0 Å². The van der Waals surface area contributed by atoms with Crippen molar-refractivity contribution >= 4 is 0 Å². The lowest BCUT2D eigenvalue weighted by Gasteiger charge is -2.27. The average molecular weight is 187 g/mol. The second-order valence-corrected chi connectivity index (χ2v) is 4.43. The predicted octanol–water partition coefficient (Wildman–Crippen LogP) is 2.57. The molecule has 0 saturated heterocycles. The number of ether oxygens (including phenoxy) is 1. The van der Waals surface area contributed by atoms with Crippen molar-refractivity contribution in [1.29, 1.82) is 0 Å². The third kappa shape index (κ3) is 6.05. The van der Waals surface area contributed by atoms with Gasteiger partial charge < -0.3 is 10.5 Å². The first kappa shape index (κ1) is 12.9. The van der Waals surface area contributed by atoms with E-state index in [1.54, 1.807) is 0 Å². The van der Waals surface area contributed by atoms with Crippen LogP contribution in [0.2, 0.25) is 0 Å². The molecule has 1 unspecified atom stereocenters. The van der Waals surface area contributed by atoms with Crippen LogP contribution in [0.4, 0.5) is 0 Å². The Labute approximate surface area is 82.8 Å². The molecule has 0 heterocycles. The number of hydrogen-bond acceptors (Lipinski definition) is 2. The van der Waals surface area contributed by atoms with Crippen LogP contribution < -0.4 is 5.73 Å². The van der Waals surface area contributed by atoms with E-state index >= 15 is 0 Å². The quantitative estimate of drug-likeness (QED) is 0.665. The molecule has 1 atom stereocenters. The van der Waals surface area contributed by atoms with Gasteiger partial charge in [0.2, 0.25) is 0 Å². The Morgan fingerprint density at radius 1 is 1.31 bits per heavy atom. The first-order valence-corrected chi connectivity index (χ1v) is 5.36. The summed E-state index contributed by atoms with van der Waals surface area (Å²) in [6.07, 6.45) is 3.82. The van der Waals surface area contributed by atoms with Gasteiger partial charge in [0.05, 0.1) is 6.10 Å². The minimum absolute atomic E-state index is 0.281. The highest BCUT2D eigenvalue weighted by Gasteiger charge is 2.20. The van der Waals surface area contributed by atoms with Crippen molar-refractivity contribution in [2.75, 3.05) is 13.2 Å². The normalized spacial score (nSPS) is 16.2. The topological polar surface area (TPSA) is 35.2 Å². The molecule has 0 radical (unpaired) electrons. The molecule has 0 bridgehead atoms. The zero-order valence-electron chi connectivity index (χ0n) is 9.60. The summed E-state index contributed by atoms with van der Waals surface area (Å²) in [5.74, 6) is 0. The molecule has 2 N–H and O–H groups in total. The molecule has 0 fully saturated rings. The van der Waals surface area contributed by atoms with Gasteiger partial charge in [-0.2, -0.15) is 0 Å². The van der Waals surface area contributed by atoms with E-state index in [1.165, 1.54) is 12.8 Å². The van der Waals surface area contributed by atoms with E-state index in [2.05, 4.69) is 27.7 Å². The lowest BCUT2D eigenvalue weighted by atomic mass is 9.83. The third-order valence-electron chi connectivity index (χ3n) is 2.50. The molecule has 0 aliphatic carbocycles. The molecular formula is C11H25NO. The van der Waals surface area contributed by atoms with Crippen LogP contribution in [0.1, 0.15) is 47.0 Å². The van der Waals surface area contributed by atoms with Crippen molar-refractivity contribution in [3.63, 3.8) is 0 Å². The maximum absolute atomic E-state index is 5.75. The summed E-state index contributed by atoms with van der Waals surface area (Å²) in [5.41, 5.74) is 6.04. The number of nitrogens with two attached hydrogens (primary N) is 1. The Hall–Kier alpha value is -0.0800. The summed E-state index contributed by atoms with van der Waals surface area (Å²) in [6, 6.07) is 0. The monoisotopic (exact) mass is 187 g/mol. The molecule has 0 aliphatic heterocycles. The molecule has 0 aromatic carbocycles. The fourth-order valence-corrected chi connectivity index (χ4v) is 1.47. The van der Waals surface area contributed by atoms with Gasteiger partial charge in [-0.05, 0) is 38.6 Å². The highest BCUT2D eigenvalue weighted by Crippen LogP contribution is 2.26. The molecule has 2 nitrogen and oxygen atoms in total. The number of hydrogen-bond donors (Lipinski definition) is 1. The fraction of sp³-hybridized carbons (Fsp3) is 1.00. The summed E-state index contributed by atoms with van der Waals surface area (Å²) < 4.78 is 5.53. The van der Waals surface area contributed by atoms with E-state index < -0.39 is 0 Å². The maximum Gasteiger partial charge on any atom is 0.0518 e. The van der Waals surface area contributed by atoms with Crippen molar-refractivity contribution in [1.82, 2.24) is 0 Å². The molecule has 0 aromatic rings. The molecule has 0 aliphatic rings. The Morgan fingerprint density at radius 2 is 1.92 bits per heavy atom. The van der Waals surface area contributed by atoms with Crippen LogP contribution in [0.3, 0.4) is 0 Å². The second kappa shape index (κ2) is 6.39. The maximum atomic E-state index is 5.75. The van der Waals surface area contributed by atoms with Gasteiger partial charge in [0.1, 0.15) is 0 Å². The first-order chi connectivity index (χ1) is 6.04. The van der Waals surface area contributed by atoms with Crippen LogP contribution in [0.5, 0.6) is 0 Å². The summed E-state index contributed by atoms with van der Waals surface area (Å²) in [7, 11) is 0. The predicted molar refractivity (Wildman–Crippen MR) is 57.8 cm³/mol. The zero-order valence-corrected chi connectivity index (χ0v) is 9.60. The number of rotatable bonds is 7. The van der Waals surface area contributed by atoms with Gasteiger partial charge in [-0.3, -0.25) is 0 Å². The highest BCUT2D eigenvalue weighted by atomic mass is 16.5. The molecule has 0 amide bonds. The zero-order chi connectivity index (χ0) is 10.3. The second-order valence-electron chi connectivity index (χ2n) is 4.43. The largest absolute Gasteiger partial charge is 0.379 e. The lowest BCUT2D eigenvalue weighted by Crippen LogP contribution is -2.29. The van der Waals surface area contributed by atoms with Crippen molar-refractivity contribution < 1.29 is 4.74 Å². The van der Waals surface area contributed by atoms with Crippen LogP contribution in [0.25, 0.3) is 0 Å². The first-order valence-electron chi connectivity index (χ1n) is 5.36. The van der Waals surface area contributed by atoms with Crippen molar-refractivity contribution in [3.05, 3.63) is 0 Å². The molecule has 0 rings (SSSR count). The van der Waals surface area contributed by atoms with Crippen LogP contribution in [0.15, 0.2) is 0 Å². The van der Waals surface area contributed by atoms with E-state index in [-0.39, 0.29) is 5.41 Å². The average Bonchev–Trinajstić information content (AvgIpc) is 2.04. The van der Waals surface area contributed by atoms with E-state index in [0.29, 0.717) is 6.10 Å². The molecule has 13 heavy (non-hydrogen) atoms. The van der Waals surface area contributed by atoms with Gasteiger partial charge in [-0.15, -0.1) is 0 Å². The standard InChI is InChI=1S/C11H25NO/c1-5-6-11(4,9-12)7-8-13-10(2)3/h10H,5-9,12H2,1-4H3. The van der Waals surface area contributed by atoms with E-state index in [0.717, 1.165) is 19.6 Å². The highest BCUT2D eigenvalue weighted by molar-refractivity contribution is 4.74. The Kier molecular flexibility index (Phi) is 6.35.